The Hall–Kier alpha value is -1.52. The SMILES string of the molecule is CC(Oc1cccc(Cl)c1)C(=O)N(C)Cc1ccc(Br)cc1. The van der Waals surface area contributed by atoms with Gasteiger partial charge in [-0.1, -0.05) is 45.7 Å². The summed E-state index contributed by atoms with van der Waals surface area (Å²) in [6.45, 7) is 2.27. The maximum atomic E-state index is 12.4. The Morgan fingerprint density at radius 2 is 1.95 bits per heavy atom. The van der Waals surface area contributed by atoms with Gasteiger partial charge >= 0.3 is 0 Å². The summed E-state index contributed by atoms with van der Waals surface area (Å²) >= 11 is 9.31. The van der Waals surface area contributed by atoms with Crippen LogP contribution in [0.2, 0.25) is 5.02 Å². The Bertz CT molecular complexity index is 645. The fourth-order valence-corrected chi connectivity index (χ4v) is 2.49. The Morgan fingerprint density at radius 3 is 2.59 bits per heavy atom. The van der Waals surface area contributed by atoms with E-state index in [2.05, 4.69) is 15.9 Å². The minimum absolute atomic E-state index is 0.0807. The molecule has 22 heavy (non-hydrogen) atoms. The Kier molecular flexibility index (Phi) is 5.86. The lowest BCUT2D eigenvalue weighted by Gasteiger charge is -2.22. The molecular formula is C17H17BrClNO2. The fraction of sp³-hybridized carbons (Fsp3) is 0.235. The molecule has 1 atom stereocenters. The van der Waals surface area contributed by atoms with Gasteiger partial charge in [-0.05, 0) is 42.8 Å². The normalized spacial score (nSPS) is 11.8. The van der Waals surface area contributed by atoms with Gasteiger partial charge in [0, 0.05) is 23.1 Å². The summed E-state index contributed by atoms with van der Waals surface area (Å²) in [5.74, 6) is 0.508. The van der Waals surface area contributed by atoms with Crippen LogP contribution in [0.5, 0.6) is 5.75 Å². The number of amides is 1. The molecule has 2 aromatic rings. The molecule has 2 aromatic carbocycles. The van der Waals surface area contributed by atoms with Crippen molar-refractivity contribution in [1.82, 2.24) is 4.90 Å². The molecule has 0 radical (unpaired) electrons. The molecule has 0 fully saturated rings. The number of rotatable bonds is 5. The molecule has 0 spiro atoms. The van der Waals surface area contributed by atoms with Crippen molar-refractivity contribution in [1.29, 1.82) is 0 Å². The van der Waals surface area contributed by atoms with E-state index in [1.165, 1.54) is 0 Å². The first-order valence-corrected chi connectivity index (χ1v) is 8.04. The van der Waals surface area contributed by atoms with Crippen LogP contribution in [0, 0.1) is 0 Å². The van der Waals surface area contributed by atoms with Gasteiger partial charge in [-0.3, -0.25) is 4.79 Å². The Morgan fingerprint density at radius 1 is 1.27 bits per heavy atom. The van der Waals surface area contributed by atoms with E-state index >= 15 is 0 Å². The van der Waals surface area contributed by atoms with Crippen molar-refractivity contribution in [3.8, 4) is 5.75 Å². The molecule has 0 saturated heterocycles. The van der Waals surface area contributed by atoms with Crippen LogP contribution in [0.15, 0.2) is 53.0 Å². The van der Waals surface area contributed by atoms with E-state index in [4.69, 9.17) is 16.3 Å². The van der Waals surface area contributed by atoms with E-state index in [1.807, 2.05) is 24.3 Å². The molecule has 0 saturated carbocycles. The average Bonchev–Trinajstić information content (AvgIpc) is 2.48. The first-order valence-electron chi connectivity index (χ1n) is 6.87. The third-order valence-corrected chi connectivity index (χ3v) is 3.93. The molecule has 3 nitrogen and oxygen atoms in total. The number of benzene rings is 2. The van der Waals surface area contributed by atoms with E-state index < -0.39 is 6.10 Å². The second-order valence-electron chi connectivity index (χ2n) is 5.04. The highest BCUT2D eigenvalue weighted by molar-refractivity contribution is 9.10. The van der Waals surface area contributed by atoms with Crippen LogP contribution < -0.4 is 4.74 Å². The zero-order chi connectivity index (χ0) is 16.1. The van der Waals surface area contributed by atoms with Gasteiger partial charge in [-0.15, -0.1) is 0 Å². The van der Waals surface area contributed by atoms with E-state index in [0.29, 0.717) is 17.3 Å². The molecule has 116 valence electrons. The van der Waals surface area contributed by atoms with Crippen LogP contribution in [0.3, 0.4) is 0 Å². The van der Waals surface area contributed by atoms with Crippen LogP contribution in [-0.4, -0.2) is 24.0 Å². The number of likely N-dealkylation sites (N-methyl/N-ethyl adjacent to an activating group) is 1. The Balaban J connectivity index is 1.96. The van der Waals surface area contributed by atoms with Crippen LogP contribution in [-0.2, 0) is 11.3 Å². The lowest BCUT2D eigenvalue weighted by atomic mass is 10.2. The molecular weight excluding hydrogens is 366 g/mol. The van der Waals surface area contributed by atoms with Crippen molar-refractivity contribution in [2.24, 2.45) is 0 Å². The molecule has 0 heterocycles. The van der Waals surface area contributed by atoms with Crippen molar-refractivity contribution in [3.63, 3.8) is 0 Å². The molecule has 0 aliphatic carbocycles. The number of carbonyl (C=O) groups excluding carboxylic acids is 1. The first-order chi connectivity index (χ1) is 10.5. The summed E-state index contributed by atoms with van der Waals surface area (Å²) < 4.78 is 6.67. The van der Waals surface area contributed by atoms with Crippen molar-refractivity contribution >= 4 is 33.4 Å². The molecule has 0 aliphatic rings. The summed E-state index contributed by atoms with van der Waals surface area (Å²) in [7, 11) is 1.77. The highest BCUT2D eigenvalue weighted by Gasteiger charge is 2.19. The minimum Gasteiger partial charge on any atom is -0.481 e. The lowest BCUT2D eigenvalue weighted by Crippen LogP contribution is -2.37. The van der Waals surface area contributed by atoms with E-state index in [-0.39, 0.29) is 5.91 Å². The van der Waals surface area contributed by atoms with E-state index in [1.54, 1.807) is 43.1 Å². The molecule has 5 heteroatoms. The van der Waals surface area contributed by atoms with Gasteiger partial charge in [0.05, 0.1) is 0 Å². The summed E-state index contributed by atoms with van der Waals surface area (Å²) in [6.07, 6.45) is -0.570. The quantitative estimate of drug-likeness (QED) is 0.760. The topological polar surface area (TPSA) is 29.5 Å². The third-order valence-electron chi connectivity index (χ3n) is 3.17. The van der Waals surface area contributed by atoms with Gasteiger partial charge < -0.3 is 9.64 Å². The second kappa shape index (κ2) is 7.65. The largest absolute Gasteiger partial charge is 0.481 e. The maximum absolute atomic E-state index is 12.4. The van der Waals surface area contributed by atoms with Crippen LogP contribution in [0.25, 0.3) is 0 Å². The molecule has 0 aliphatic heterocycles. The second-order valence-corrected chi connectivity index (χ2v) is 6.39. The zero-order valence-electron chi connectivity index (χ0n) is 12.4. The third kappa shape index (κ3) is 4.75. The number of hydrogen-bond donors (Lipinski definition) is 0. The van der Waals surface area contributed by atoms with Crippen molar-refractivity contribution < 1.29 is 9.53 Å². The molecule has 1 unspecified atom stereocenters. The van der Waals surface area contributed by atoms with Crippen LogP contribution in [0.1, 0.15) is 12.5 Å². The summed E-state index contributed by atoms with van der Waals surface area (Å²) in [5.41, 5.74) is 1.06. The summed E-state index contributed by atoms with van der Waals surface area (Å²) in [5, 5.41) is 0.584. The number of nitrogens with zero attached hydrogens (tertiary/aromatic N) is 1. The van der Waals surface area contributed by atoms with Crippen molar-refractivity contribution in [3.05, 3.63) is 63.6 Å². The average molecular weight is 383 g/mol. The van der Waals surface area contributed by atoms with Crippen LogP contribution >= 0.6 is 27.5 Å². The zero-order valence-corrected chi connectivity index (χ0v) is 14.8. The fourth-order valence-electron chi connectivity index (χ4n) is 2.05. The highest BCUT2D eigenvalue weighted by atomic mass is 79.9. The van der Waals surface area contributed by atoms with Crippen molar-refractivity contribution in [2.75, 3.05) is 7.05 Å². The number of ether oxygens (including phenoxy) is 1. The van der Waals surface area contributed by atoms with Crippen molar-refractivity contribution in [2.45, 2.75) is 19.6 Å². The van der Waals surface area contributed by atoms with Gasteiger partial charge in [0.15, 0.2) is 6.10 Å². The van der Waals surface area contributed by atoms with Gasteiger partial charge in [-0.25, -0.2) is 0 Å². The first kappa shape index (κ1) is 16.8. The van der Waals surface area contributed by atoms with E-state index in [9.17, 15) is 4.79 Å². The number of hydrogen-bond acceptors (Lipinski definition) is 2. The molecule has 0 bridgehead atoms. The molecule has 1 amide bonds. The van der Waals surface area contributed by atoms with Gasteiger partial charge in [0.25, 0.3) is 5.91 Å². The predicted octanol–water partition coefficient (Wildman–Crippen LogP) is 4.53. The lowest BCUT2D eigenvalue weighted by molar-refractivity contribution is -0.137. The smallest absolute Gasteiger partial charge is 0.263 e. The predicted molar refractivity (Wildman–Crippen MR) is 92.2 cm³/mol. The maximum Gasteiger partial charge on any atom is 0.263 e. The highest BCUT2D eigenvalue weighted by Crippen LogP contribution is 2.19. The standard InChI is InChI=1S/C17H17BrClNO2/c1-12(22-16-5-3-4-15(19)10-16)17(21)20(2)11-13-6-8-14(18)9-7-13/h3-10,12H,11H2,1-2H3. The monoisotopic (exact) mass is 381 g/mol. The number of halogens is 2. The van der Waals surface area contributed by atoms with Gasteiger partial charge in [-0.2, -0.15) is 0 Å². The minimum atomic E-state index is -0.570. The summed E-state index contributed by atoms with van der Waals surface area (Å²) in [4.78, 5) is 14.0. The molecule has 0 N–H and O–H groups in total. The van der Waals surface area contributed by atoms with Crippen LogP contribution in [0.4, 0.5) is 0 Å². The molecule has 0 aromatic heterocycles. The van der Waals surface area contributed by atoms with Gasteiger partial charge in [0.2, 0.25) is 0 Å². The number of carbonyl (C=O) groups is 1. The molecule has 2 rings (SSSR count). The Labute approximate surface area is 144 Å². The van der Waals surface area contributed by atoms with E-state index in [0.717, 1.165) is 10.0 Å². The van der Waals surface area contributed by atoms with Gasteiger partial charge in [0.1, 0.15) is 5.75 Å². The summed E-state index contributed by atoms with van der Waals surface area (Å²) in [6, 6.07) is 14.9.